The number of ether oxygens (including phenoxy) is 1. The summed E-state index contributed by atoms with van der Waals surface area (Å²) in [6.45, 7) is 3.85. The highest BCUT2D eigenvalue weighted by Gasteiger charge is 2.45. The second-order valence-electron chi connectivity index (χ2n) is 10.8. The zero-order valence-electron chi connectivity index (χ0n) is 23.1. The van der Waals surface area contributed by atoms with Crippen LogP contribution in [0.3, 0.4) is 0 Å². The monoisotopic (exact) mass is 560 g/mol. The molecule has 3 aromatic rings. The number of rotatable bonds is 8. The van der Waals surface area contributed by atoms with E-state index in [1.807, 2.05) is 32.1 Å². The van der Waals surface area contributed by atoms with Gasteiger partial charge in [-0.3, -0.25) is 14.9 Å². The van der Waals surface area contributed by atoms with Crippen LogP contribution in [0.5, 0.6) is 0 Å². The highest BCUT2D eigenvalue weighted by Crippen LogP contribution is 2.38. The fraction of sp³-hybridized carbons (Fsp3) is 0.429. The molecule has 3 aliphatic rings. The van der Waals surface area contributed by atoms with E-state index in [1.54, 1.807) is 25.7 Å². The first-order chi connectivity index (χ1) is 19.8. The second-order valence-corrected chi connectivity index (χ2v) is 10.8. The fourth-order valence-electron chi connectivity index (χ4n) is 5.75. The van der Waals surface area contributed by atoms with Gasteiger partial charge in [0.1, 0.15) is 17.5 Å². The molecule has 6 rings (SSSR count). The first-order valence-corrected chi connectivity index (χ1v) is 13.7. The molecular weight excluding hydrogens is 527 g/mol. The van der Waals surface area contributed by atoms with E-state index in [1.165, 1.54) is 10.9 Å². The van der Waals surface area contributed by atoms with E-state index < -0.39 is 11.4 Å². The number of aromatic nitrogens is 5. The minimum Gasteiger partial charge on any atom is -0.368 e. The maximum absolute atomic E-state index is 13.5. The molecule has 13 heteroatoms. The normalized spacial score (nSPS) is 26.0. The number of nitrogens with one attached hydrogen (secondary N) is 4. The lowest BCUT2D eigenvalue weighted by atomic mass is 9.74. The van der Waals surface area contributed by atoms with E-state index >= 15 is 0 Å². The van der Waals surface area contributed by atoms with Crippen LogP contribution in [0.25, 0.3) is 5.82 Å². The standard InChI is InChI=1S/C28H33FN10O2/c1-16-10-23(38-37-16)35-22-11-21-26(32-15-31-21)25(36-22)18-6-8-28(41-3,9-7-18)27(40)34-17(2)19-4-5-24(30-12-19)39-14-20(29)13-33-39/h4-5,10-15,17-18,21,26H,6-9H2,1-3H3,(H,31,32)(H,34,40)(H2,35,37,38)/t17-,18-,21-,26?,28+/m0/s1. The molecule has 1 aliphatic carbocycles. The zero-order valence-corrected chi connectivity index (χ0v) is 23.1. The molecule has 1 unspecified atom stereocenters. The molecule has 3 aromatic heterocycles. The molecule has 0 bridgehead atoms. The minimum absolute atomic E-state index is 0.0237. The van der Waals surface area contributed by atoms with Crippen LogP contribution < -0.4 is 16.0 Å². The van der Waals surface area contributed by atoms with Crippen molar-refractivity contribution in [1.29, 1.82) is 0 Å². The summed E-state index contributed by atoms with van der Waals surface area (Å²) in [5.74, 6) is 1.52. The molecular formula is C28H33FN10O2. The molecule has 1 fully saturated rings. The average Bonchev–Trinajstić information content (AvgIpc) is 3.74. The number of anilines is 1. The van der Waals surface area contributed by atoms with Crippen LogP contribution in [0, 0.1) is 18.7 Å². The van der Waals surface area contributed by atoms with Gasteiger partial charge in [0.2, 0.25) is 0 Å². The Kier molecular flexibility index (Phi) is 7.12. The smallest absolute Gasteiger partial charge is 0.252 e. The van der Waals surface area contributed by atoms with Gasteiger partial charge in [0.25, 0.3) is 5.91 Å². The lowest BCUT2D eigenvalue weighted by Crippen LogP contribution is -2.52. The Morgan fingerprint density at radius 1 is 1.27 bits per heavy atom. The molecule has 1 amide bonds. The summed E-state index contributed by atoms with van der Waals surface area (Å²) in [6.07, 6.45) is 10.5. The summed E-state index contributed by atoms with van der Waals surface area (Å²) in [4.78, 5) is 27.5. The number of pyridine rings is 1. The molecule has 41 heavy (non-hydrogen) atoms. The van der Waals surface area contributed by atoms with E-state index in [2.05, 4.69) is 41.2 Å². The van der Waals surface area contributed by atoms with Gasteiger partial charge in [-0.05, 0) is 63.2 Å². The lowest BCUT2D eigenvalue weighted by Gasteiger charge is -2.40. The Morgan fingerprint density at radius 3 is 2.76 bits per heavy atom. The van der Waals surface area contributed by atoms with E-state index in [4.69, 9.17) is 9.73 Å². The van der Waals surface area contributed by atoms with Crippen LogP contribution >= 0.6 is 0 Å². The average molecular weight is 561 g/mol. The number of carbonyl (C=O) groups excluding carboxylic acids is 1. The number of amides is 1. The van der Waals surface area contributed by atoms with Crippen LogP contribution in [0.4, 0.5) is 10.2 Å². The first-order valence-electron chi connectivity index (χ1n) is 13.7. The number of halogens is 1. The molecule has 4 N–H and O–H groups in total. The van der Waals surface area contributed by atoms with Crippen LogP contribution in [-0.4, -0.2) is 67.7 Å². The maximum atomic E-state index is 13.5. The largest absolute Gasteiger partial charge is 0.368 e. The predicted octanol–water partition coefficient (Wildman–Crippen LogP) is 2.97. The van der Waals surface area contributed by atoms with Gasteiger partial charge in [-0.25, -0.2) is 19.0 Å². The van der Waals surface area contributed by atoms with Crippen molar-refractivity contribution in [3.63, 3.8) is 0 Å². The SMILES string of the molecule is CO[C@]1(C(=O)N[C@@H](C)c2ccc(-n3cc(F)cn3)nc2)CC[C@H](C2=NC(Nc3cc(C)[nH]n3)=C[C@@H]3NC=NC23)CC1. The Bertz CT molecular complexity index is 1500. The van der Waals surface area contributed by atoms with Crippen LogP contribution in [0.2, 0.25) is 0 Å². The van der Waals surface area contributed by atoms with Crippen molar-refractivity contribution in [3.8, 4) is 5.82 Å². The van der Waals surface area contributed by atoms with Crippen molar-refractivity contribution in [2.24, 2.45) is 15.9 Å². The Labute approximate surface area is 236 Å². The third kappa shape index (κ3) is 5.36. The third-order valence-electron chi connectivity index (χ3n) is 8.11. The Morgan fingerprint density at radius 2 is 2.10 bits per heavy atom. The van der Waals surface area contributed by atoms with E-state index in [0.29, 0.717) is 24.5 Å². The van der Waals surface area contributed by atoms with Gasteiger partial charge in [0, 0.05) is 25.1 Å². The van der Waals surface area contributed by atoms with Crippen molar-refractivity contribution in [2.75, 3.05) is 12.4 Å². The van der Waals surface area contributed by atoms with Crippen LogP contribution in [0.1, 0.15) is 49.9 Å². The van der Waals surface area contributed by atoms with Gasteiger partial charge in [0.05, 0.1) is 36.5 Å². The molecule has 2 aliphatic heterocycles. The molecule has 1 saturated carbocycles. The Balaban J connectivity index is 1.11. The number of aromatic amines is 1. The molecule has 0 radical (unpaired) electrons. The highest BCUT2D eigenvalue weighted by atomic mass is 19.1. The predicted molar refractivity (Wildman–Crippen MR) is 151 cm³/mol. The highest BCUT2D eigenvalue weighted by molar-refractivity contribution is 5.97. The number of nitrogens with zero attached hydrogens (tertiary/aromatic N) is 6. The number of H-pyrrole nitrogens is 1. The summed E-state index contributed by atoms with van der Waals surface area (Å²) in [5.41, 5.74) is 1.86. The zero-order chi connectivity index (χ0) is 28.6. The van der Waals surface area contributed by atoms with Crippen molar-refractivity contribution in [1.82, 2.24) is 35.6 Å². The number of hydrogen-bond acceptors (Lipinski definition) is 9. The summed E-state index contributed by atoms with van der Waals surface area (Å²) in [5, 5.41) is 20.9. The quantitative estimate of drug-likeness (QED) is 0.331. The summed E-state index contributed by atoms with van der Waals surface area (Å²) in [7, 11) is 1.60. The number of carbonyl (C=O) groups is 1. The molecule has 0 saturated heterocycles. The van der Waals surface area contributed by atoms with Crippen LogP contribution in [-0.2, 0) is 9.53 Å². The molecule has 12 nitrogen and oxygen atoms in total. The van der Waals surface area contributed by atoms with Crippen LogP contribution in [0.15, 0.2) is 58.7 Å². The number of aryl methyl sites for hydroxylation is 1. The van der Waals surface area contributed by atoms with Crippen molar-refractivity contribution < 1.29 is 13.9 Å². The van der Waals surface area contributed by atoms with E-state index in [0.717, 1.165) is 41.8 Å². The summed E-state index contributed by atoms with van der Waals surface area (Å²) >= 11 is 0. The lowest BCUT2D eigenvalue weighted by molar-refractivity contribution is -0.148. The van der Waals surface area contributed by atoms with Crippen molar-refractivity contribution >= 4 is 23.8 Å². The van der Waals surface area contributed by atoms with Gasteiger partial charge >= 0.3 is 0 Å². The molecule has 5 heterocycles. The minimum atomic E-state index is -0.931. The second kappa shape index (κ2) is 10.9. The van der Waals surface area contributed by atoms with E-state index in [9.17, 15) is 9.18 Å². The van der Waals surface area contributed by atoms with E-state index in [-0.39, 0.29) is 30.0 Å². The fourth-order valence-corrected chi connectivity index (χ4v) is 5.75. The van der Waals surface area contributed by atoms with Gasteiger partial charge in [-0.1, -0.05) is 6.07 Å². The first kappa shape index (κ1) is 26.8. The van der Waals surface area contributed by atoms with Gasteiger partial charge < -0.3 is 20.7 Å². The van der Waals surface area contributed by atoms with Gasteiger partial charge in [-0.2, -0.15) is 10.2 Å². The Hall–Kier alpha value is -4.39. The van der Waals surface area contributed by atoms with Gasteiger partial charge in [-0.15, -0.1) is 0 Å². The molecule has 0 aromatic carbocycles. The molecule has 0 spiro atoms. The number of fused-ring (bicyclic) bond motifs is 1. The maximum Gasteiger partial charge on any atom is 0.252 e. The molecule has 3 atom stereocenters. The number of hydrogen-bond donors (Lipinski definition) is 4. The van der Waals surface area contributed by atoms with Crippen molar-refractivity contribution in [3.05, 3.63) is 65.8 Å². The number of aliphatic imine (C=N–C) groups is 2. The van der Waals surface area contributed by atoms with Gasteiger partial charge in [0.15, 0.2) is 17.5 Å². The summed E-state index contributed by atoms with van der Waals surface area (Å²) in [6, 6.07) is 5.18. The number of methoxy groups -OCH3 is 1. The molecule has 214 valence electrons. The van der Waals surface area contributed by atoms with Crippen molar-refractivity contribution in [2.45, 2.75) is 63.3 Å². The summed E-state index contributed by atoms with van der Waals surface area (Å²) < 4.78 is 20.6. The third-order valence-corrected chi connectivity index (χ3v) is 8.11. The topological polar surface area (TPSA) is 146 Å².